The van der Waals surface area contributed by atoms with Crippen molar-refractivity contribution < 1.29 is 22.7 Å². The van der Waals surface area contributed by atoms with Crippen molar-refractivity contribution in [3.63, 3.8) is 0 Å². The van der Waals surface area contributed by atoms with E-state index in [0.717, 1.165) is 18.2 Å². The second-order valence-electron chi connectivity index (χ2n) is 4.31. The quantitative estimate of drug-likeness (QED) is 0.764. The Labute approximate surface area is 124 Å². The summed E-state index contributed by atoms with van der Waals surface area (Å²) in [6, 6.07) is 3.28. The molecule has 2 N–H and O–H groups in total. The second kappa shape index (κ2) is 8.10. The van der Waals surface area contributed by atoms with Crippen LogP contribution in [0.15, 0.2) is 23.1 Å². The number of aliphatic hydroxyl groups excluding tert-OH is 1. The smallest absolute Gasteiger partial charge is 0.241 e. The van der Waals surface area contributed by atoms with E-state index in [1.54, 1.807) is 6.92 Å². The molecule has 1 unspecified atom stereocenters. The molecule has 7 heteroatoms. The minimum Gasteiger partial charge on any atom is -0.395 e. The summed E-state index contributed by atoms with van der Waals surface area (Å²) < 4.78 is 45.0. The summed E-state index contributed by atoms with van der Waals surface area (Å²) in [6.07, 6.45) is -0.103. The maximum Gasteiger partial charge on any atom is 0.241 e. The van der Waals surface area contributed by atoms with E-state index in [9.17, 15) is 12.8 Å². The lowest BCUT2D eigenvalue weighted by molar-refractivity contribution is 0.122. The minimum absolute atomic E-state index is 0.0565. The SMILES string of the molecule is COC(C)CNS(=O)(=O)c1ccc(F)cc1C#CCCO. The number of methoxy groups -OCH3 is 1. The molecular formula is C14H18FNO4S. The van der Waals surface area contributed by atoms with Gasteiger partial charge in [-0.25, -0.2) is 17.5 Å². The predicted octanol–water partition coefficient (Wildman–Crippen LogP) is 0.873. The van der Waals surface area contributed by atoms with Crippen LogP contribution in [-0.4, -0.2) is 39.9 Å². The lowest BCUT2D eigenvalue weighted by Gasteiger charge is -2.12. The van der Waals surface area contributed by atoms with Gasteiger partial charge in [0, 0.05) is 25.6 Å². The molecule has 0 saturated carbocycles. The Morgan fingerprint density at radius 3 is 2.81 bits per heavy atom. The average Bonchev–Trinajstić information content (AvgIpc) is 2.45. The molecule has 0 aromatic heterocycles. The molecule has 5 nitrogen and oxygen atoms in total. The summed E-state index contributed by atoms with van der Waals surface area (Å²) in [6.45, 7) is 1.67. The van der Waals surface area contributed by atoms with Crippen LogP contribution < -0.4 is 4.72 Å². The molecule has 0 aliphatic heterocycles. The van der Waals surface area contributed by atoms with Gasteiger partial charge in [-0.15, -0.1) is 0 Å². The summed E-state index contributed by atoms with van der Waals surface area (Å²) in [4.78, 5) is -0.0994. The van der Waals surface area contributed by atoms with Crippen molar-refractivity contribution in [1.29, 1.82) is 0 Å². The van der Waals surface area contributed by atoms with Gasteiger partial charge in [0.1, 0.15) is 5.82 Å². The number of sulfonamides is 1. The third kappa shape index (κ3) is 5.44. The number of ether oxygens (including phenoxy) is 1. The first-order valence-electron chi connectivity index (χ1n) is 6.32. The summed E-state index contributed by atoms with van der Waals surface area (Å²) >= 11 is 0. The summed E-state index contributed by atoms with van der Waals surface area (Å²) in [5.41, 5.74) is 0.0565. The van der Waals surface area contributed by atoms with Gasteiger partial charge in [0.25, 0.3) is 0 Å². The Bertz CT molecular complexity index is 634. The van der Waals surface area contributed by atoms with Gasteiger partial charge in [-0.2, -0.15) is 0 Å². The highest BCUT2D eigenvalue weighted by Crippen LogP contribution is 2.16. The van der Waals surface area contributed by atoms with Gasteiger partial charge in [-0.1, -0.05) is 11.8 Å². The molecule has 0 aliphatic carbocycles. The summed E-state index contributed by atoms with van der Waals surface area (Å²) in [5.74, 6) is 4.57. The van der Waals surface area contributed by atoms with E-state index in [0.29, 0.717) is 0 Å². The molecule has 116 valence electrons. The van der Waals surface area contributed by atoms with Crippen molar-refractivity contribution in [1.82, 2.24) is 4.72 Å². The van der Waals surface area contributed by atoms with Gasteiger partial charge in [0.05, 0.1) is 17.6 Å². The third-order valence-electron chi connectivity index (χ3n) is 2.65. The van der Waals surface area contributed by atoms with Gasteiger partial charge in [-0.05, 0) is 25.1 Å². The number of hydrogen-bond acceptors (Lipinski definition) is 4. The second-order valence-corrected chi connectivity index (χ2v) is 6.05. The number of nitrogens with one attached hydrogen (secondary N) is 1. The van der Waals surface area contributed by atoms with Gasteiger partial charge in [0.15, 0.2) is 0 Å². The first-order chi connectivity index (χ1) is 9.90. The van der Waals surface area contributed by atoms with Crippen LogP contribution in [0.1, 0.15) is 18.9 Å². The lowest BCUT2D eigenvalue weighted by Crippen LogP contribution is -2.32. The van der Waals surface area contributed by atoms with Crippen LogP contribution in [-0.2, 0) is 14.8 Å². The first kappa shape index (κ1) is 17.6. The van der Waals surface area contributed by atoms with E-state index in [1.165, 1.54) is 7.11 Å². The van der Waals surface area contributed by atoms with E-state index >= 15 is 0 Å². The van der Waals surface area contributed by atoms with E-state index in [1.807, 2.05) is 0 Å². The van der Waals surface area contributed by atoms with Crippen molar-refractivity contribution in [2.45, 2.75) is 24.3 Å². The van der Waals surface area contributed by atoms with Gasteiger partial charge in [0.2, 0.25) is 10.0 Å². The van der Waals surface area contributed by atoms with Gasteiger partial charge < -0.3 is 9.84 Å². The van der Waals surface area contributed by atoms with Crippen LogP contribution in [0.3, 0.4) is 0 Å². The number of aliphatic hydroxyl groups is 1. The molecule has 1 rings (SSSR count). The lowest BCUT2D eigenvalue weighted by atomic mass is 10.2. The highest BCUT2D eigenvalue weighted by Gasteiger charge is 2.19. The van der Waals surface area contributed by atoms with E-state index in [2.05, 4.69) is 16.6 Å². The zero-order valence-electron chi connectivity index (χ0n) is 11.9. The highest BCUT2D eigenvalue weighted by atomic mass is 32.2. The molecule has 0 radical (unpaired) electrons. The first-order valence-corrected chi connectivity index (χ1v) is 7.80. The number of rotatable bonds is 6. The molecule has 1 aromatic rings. The minimum atomic E-state index is -3.81. The molecule has 1 aromatic carbocycles. The van der Waals surface area contributed by atoms with Crippen molar-refractivity contribution in [2.24, 2.45) is 0 Å². The average molecular weight is 315 g/mol. The fourth-order valence-electron chi connectivity index (χ4n) is 1.44. The van der Waals surface area contributed by atoms with Crippen molar-refractivity contribution >= 4 is 10.0 Å². The maximum atomic E-state index is 13.3. The standard InChI is InChI=1S/C14H18FNO4S/c1-11(20-2)10-16-21(18,19)14-7-6-13(15)9-12(14)5-3-4-8-17/h6-7,9,11,16-17H,4,8,10H2,1-2H3. The third-order valence-corrected chi connectivity index (χ3v) is 4.14. The van der Waals surface area contributed by atoms with E-state index < -0.39 is 15.8 Å². The Balaban J connectivity index is 3.08. The van der Waals surface area contributed by atoms with Crippen LogP contribution in [0.2, 0.25) is 0 Å². The highest BCUT2D eigenvalue weighted by molar-refractivity contribution is 7.89. The van der Waals surface area contributed by atoms with Crippen LogP contribution >= 0.6 is 0 Å². The predicted molar refractivity (Wildman–Crippen MR) is 76.6 cm³/mol. The zero-order chi connectivity index (χ0) is 15.9. The Kier molecular flexibility index (Phi) is 6.78. The molecule has 0 amide bonds. The van der Waals surface area contributed by atoms with Crippen LogP contribution in [0.5, 0.6) is 0 Å². The Morgan fingerprint density at radius 1 is 1.48 bits per heavy atom. The Morgan fingerprint density at radius 2 is 2.19 bits per heavy atom. The Hall–Kier alpha value is -1.46. The van der Waals surface area contributed by atoms with Crippen molar-refractivity contribution in [2.75, 3.05) is 20.3 Å². The topological polar surface area (TPSA) is 75.6 Å². The molecular weight excluding hydrogens is 297 g/mol. The zero-order valence-corrected chi connectivity index (χ0v) is 12.7. The van der Waals surface area contributed by atoms with Crippen molar-refractivity contribution in [3.8, 4) is 11.8 Å². The molecule has 1 atom stereocenters. The molecule has 0 aliphatic rings. The molecule has 0 saturated heterocycles. The largest absolute Gasteiger partial charge is 0.395 e. The summed E-state index contributed by atoms with van der Waals surface area (Å²) in [7, 11) is -2.34. The fraction of sp³-hybridized carbons (Fsp3) is 0.429. The molecule has 0 spiro atoms. The normalized spacial score (nSPS) is 12.6. The van der Waals surface area contributed by atoms with E-state index in [4.69, 9.17) is 9.84 Å². The maximum absolute atomic E-state index is 13.3. The van der Waals surface area contributed by atoms with Crippen LogP contribution in [0.25, 0.3) is 0 Å². The number of hydrogen-bond donors (Lipinski definition) is 2. The molecule has 0 bridgehead atoms. The number of halogens is 1. The van der Waals surface area contributed by atoms with E-state index in [-0.39, 0.29) is 36.1 Å². The number of benzene rings is 1. The van der Waals surface area contributed by atoms with Crippen LogP contribution in [0.4, 0.5) is 4.39 Å². The summed E-state index contributed by atoms with van der Waals surface area (Å²) in [5, 5.41) is 8.68. The van der Waals surface area contributed by atoms with Crippen molar-refractivity contribution in [3.05, 3.63) is 29.6 Å². The molecule has 21 heavy (non-hydrogen) atoms. The molecule has 0 heterocycles. The van der Waals surface area contributed by atoms with Gasteiger partial charge >= 0.3 is 0 Å². The molecule has 0 fully saturated rings. The van der Waals surface area contributed by atoms with Gasteiger partial charge in [-0.3, -0.25) is 0 Å². The fourth-order valence-corrected chi connectivity index (χ4v) is 2.69. The monoisotopic (exact) mass is 315 g/mol. The van der Waals surface area contributed by atoms with Crippen LogP contribution in [0, 0.1) is 17.7 Å².